The summed E-state index contributed by atoms with van der Waals surface area (Å²) < 4.78 is 12.7. The van der Waals surface area contributed by atoms with Crippen molar-refractivity contribution < 1.29 is 19.1 Å². The van der Waals surface area contributed by atoms with Gasteiger partial charge in [-0.25, -0.2) is 9.78 Å². The second-order valence-corrected chi connectivity index (χ2v) is 8.15. The highest BCUT2D eigenvalue weighted by molar-refractivity contribution is 6.11. The average Bonchev–Trinajstić information content (AvgIpc) is 3.33. The van der Waals surface area contributed by atoms with Crippen LogP contribution in [0.3, 0.4) is 0 Å². The van der Waals surface area contributed by atoms with E-state index in [0.717, 1.165) is 18.5 Å². The van der Waals surface area contributed by atoms with E-state index >= 15 is 0 Å². The molecule has 2 aromatic rings. The van der Waals surface area contributed by atoms with E-state index in [-0.39, 0.29) is 24.0 Å². The summed E-state index contributed by atoms with van der Waals surface area (Å²) >= 11 is 0. The Balaban J connectivity index is 2.17. The Kier molecular flexibility index (Phi) is 6.97. The number of rotatable bonds is 8. The number of hydrogen-bond donors (Lipinski definition) is 2. The lowest BCUT2D eigenvalue weighted by Gasteiger charge is -2.15. The number of methoxy groups -OCH3 is 1. The summed E-state index contributed by atoms with van der Waals surface area (Å²) in [6, 6.07) is 2.14. The molecule has 1 fully saturated rings. The van der Waals surface area contributed by atoms with E-state index < -0.39 is 5.97 Å². The molecule has 0 saturated carbocycles. The predicted octanol–water partition coefficient (Wildman–Crippen LogP) is 3.81. The Morgan fingerprint density at radius 1 is 1.37 bits per heavy atom. The molecular weight excluding hydrogens is 384 g/mol. The van der Waals surface area contributed by atoms with Gasteiger partial charge in [0.05, 0.1) is 37.3 Å². The van der Waals surface area contributed by atoms with E-state index in [4.69, 9.17) is 9.47 Å². The molecule has 8 nitrogen and oxygen atoms in total. The van der Waals surface area contributed by atoms with E-state index in [0.29, 0.717) is 42.0 Å². The molecule has 2 atom stereocenters. The number of pyridine rings is 1. The van der Waals surface area contributed by atoms with Gasteiger partial charge in [0.1, 0.15) is 5.65 Å². The third-order valence-corrected chi connectivity index (χ3v) is 5.45. The second kappa shape index (κ2) is 9.47. The summed E-state index contributed by atoms with van der Waals surface area (Å²) in [7, 11) is 1.34. The zero-order valence-electron chi connectivity index (χ0n) is 18.4. The summed E-state index contributed by atoms with van der Waals surface area (Å²) in [5, 5.41) is 7.01. The van der Waals surface area contributed by atoms with Gasteiger partial charge in [-0.2, -0.15) is 0 Å². The Labute approximate surface area is 177 Å². The van der Waals surface area contributed by atoms with Crippen LogP contribution < -0.4 is 10.6 Å². The van der Waals surface area contributed by atoms with Crippen LogP contribution >= 0.6 is 0 Å². The molecule has 164 valence electrons. The van der Waals surface area contributed by atoms with Crippen molar-refractivity contribution in [3.8, 4) is 0 Å². The fraction of sp³-hybridized carbons (Fsp3) is 0.591. The first-order valence-corrected chi connectivity index (χ1v) is 10.6. The number of amides is 1. The molecule has 0 radical (unpaired) electrons. The van der Waals surface area contributed by atoms with Crippen molar-refractivity contribution in [1.82, 2.24) is 9.55 Å². The quantitative estimate of drug-likeness (QED) is 0.636. The Morgan fingerprint density at radius 3 is 2.73 bits per heavy atom. The Hall–Kier alpha value is -2.61. The number of carbonyl (C=O) groups is 2. The lowest BCUT2D eigenvalue weighted by molar-refractivity contribution is -0.119. The molecule has 3 heterocycles. The van der Waals surface area contributed by atoms with Crippen LogP contribution in [0.15, 0.2) is 12.3 Å². The number of fused-ring (bicyclic) bond motifs is 1. The number of nitrogens with zero attached hydrogens (tertiary/aromatic N) is 2. The SMILES string of the molecule is CC[C@@H](C)C(=O)Nc1c(C(=O)OC)n(C[C@H]2CCCO2)c2ncc(NC(C)C)cc12. The standard InChI is InChI=1S/C22H32N4O4/c1-6-14(4)21(27)25-18-17-10-15(24-13(2)3)11-23-20(17)26(19(18)22(28)29-5)12-16-8-7-9-30-16/h10-11,13-14,16,24H,6-9,12H2,1-5H3,(H,25,27)/t14-,16-/m1/s1. The monoisotopic (exact) mass is 416 g/mol. The summed E-state index contributed by atoms with van der Waals surface area (Å²) in [5.41, 5.74) is 2.19. The predicted molar refractivity (Wildman–Crippen MR) is 117 cm³/mol. The molecule has 1 aliphatic heterocycles. The zero-order valence-corrected chi connectivity index (χ0v) is 18.4. The minimum atomic E-state index is -0.510. The first-order valence-electron chi connectivity index (χ1n) is 10.6. The van der Waals surface area contributed by atoms with Crippen molar-refractivity contribution in [3.05, 3.63) is 18.0 Å². The second-order valence-electron chi connectivity index (χ2n) is 8.15. The lowest BCUT2D eigenvalue weighted by atomic mass is 10.1. The average molecular weight is 417 g/mol. The van der Waals surface area contributed by atoms with Gasteiger partial charge in [-0.1, -0.05) is 13.8 Å². The topological polar surface area (TPSA) is 94.5 Å². The van der Waals surface area contributed by atoms with Crippen LogP contribution in [-0.2, 0) is 20.8 Å². The van der Waals surface area contributed by atoms with E-state index in [2.05, 4.69) is 15.6 Å². The third-order valence-electron chi connectivity index (χ3n) is 5.45. The molecule has 0 aliphatic carbocycles. The fourth-order valence-corrected chi connectivity index (χ4v) is 3.67. The number of anilines is 2. The smallest absolute Gasteiger partial charge is 0.356 e. The van der Waals surface area contributed by atoms with Crippen molar-refractivity contribution >= 4 is 34.3 Å². The molecule has 0 aromatic carbocycles. The Bertz CT molecular complexity index is 915. The van der Waals surface area contributed by atoms with Crippen molar-refractivity contribution in [3.63, 3.8) is 0 Å². The van der Waals surface area contributed by atoms with Gasteiger partial charge in [0.15, 0.2) is 5.69 Å². The maximum absolute atomic E-state index is 12.8. The van der Waals surface area contributed by atoms with Crippen LogP contribution in [0.5, 0.6) is 0 Å². The number of nitrogens with one attached hydrogen (secondary N) is 2. The van der Waals surface area contributed by atoms with Gasteiger partial charge >= 0.3 is 5.97 Å². The molecule has 1 saturated heterocycles. The van der Waals surface area contributed by atoms with Gasteiger partial charge < -0.3 is 24.7 Å². The fourth-order valence-electron chi connectivity index (χ4n) is 3.67. The number of carbonyl (C=O) groups excluding carboxylic acids is 2. The molecule has 30 heavy (non-hydrogen) atoms. The normalized spacial score (nSPS) is 17.3. The molecule has 0 unspecified atom stereocenters. The summed E-state index contributed by atoms with van der Waals surface area (Å²) in [4.78, 5) is 30.2. The molecule has 8 heteroatoms. The highest BCUT2D eigenvalue weighted by atomic mass is 16.5. The number of hydrogen-bond acceptors (Lipinski definition) is 6. The molecular formula is C22H32N4O4. The summed E-state index contributed by atoms with van der Waals surface area (Å²) in [5.74, 6) is -0.832. The first kappa shape index (κ1) is 22.1. The van der Waals surface area contributed by atoms with Gasteiger partial charge in [0.2, 0.25) is 5.91 Å². The number of esters is 1. The highest BCUT2D eigenvalue weighted by Crippen LogP contribution is 2.34. The van der Waals surface area contributed by atoms with Gasteiger partial charge in [-0.15, -0.1) is 0 Å². The molecule has 1 aliphatic rings. The van der Waals surface area contributed by atoms with E-state index in [1.165, 1.54) is 7.11 Å². The largest absolute Gasteiger partial charge is 0.464 e. The summed E-state index contributed by atoms with van der Waals surface area (Å²) in [6.45, 7) is 9.09. The molecule has 0 bridgehead atoms. The van der Waals surface area contributed by atoms with Crippen molar-refractivity contribution in [2.24, 2.45) is 5.92 Å². The number of ether oxygens (including phenoxy) is 2. The van der Waals surface area contributed by atoms with Gasteiger partial charge in [-0.3, -0.25) is 4.79 Å². The maximum atomic E-state index is 12.8. The molecule has 3 rings (SSSR count). The minimum Gasteiger partial charge on any atom is -0.464 e. The van der Waals surface area contributed by atoms with E-state index in [1.54, 1.807) is 6.20 Å². The zero-order chi connectivity index (χ0) is 21.8. The highest BCUT2D eigenvalue weighted by Gasteiger charge is 2.29. The molecule has 0 spiro atoms. The van der Waals surface area contributed by atoms with Crippen LogP contribution in [-0.4, -0.2) is 47.3 Å². The number of aromatic nitrogens is 2. The van der Waals surface area contributed by atoms with Crippen molar-refractivity contribution in [2.45, 2.75) is 65.6 Å². The van der Waals surface area contributed by atoms with Crippen LogP contribution in [0.25, 0.3) is 11.0 Å². The van der Waals surface area contributed by atoms with E-state index in [9.17, 15) is 9.59 Å². The van der Waals surface area contributed by atoms with Crippen LogP contribution in [0.1, 0.15) is 57.4 Å². The molecule has 2 aromatic heterocycles. The van der Waals surface area contributed by atoms with Crippen molar-refractivity contribution in [2.75, 3.05) is 24.4 Å². The van der Waals surface area contributed by atoms with Crippen LogP contribution in [0.4, 0.5) is 11.4 Å². The van der Waals surface area contributed by atoms with Gasteiger partial charge in [0, 0.05) is 24.0 Å². The van der Waals surface area contributed by atoms with Crippen molar-refractivity contribution in [1.29, 1.82) is 0 Å². The molecule has 1 amide bonds. The van der Waals surface area contributed by atoms with Gasteiger partial charge in [-0.05, 0) is 39.2 Å². The summed E-state index contributed by atoms with van der Waals surface area (Å²) in [6.07, 6.45) is 4.35. The third kappa shape index (κ3) is 4.59. The minimum absolute atomic E-state index is 0.00242. The molecule has 2 N–H and O–H groups in total. The van der Waals surface area contributed by atoms with Crippen LogP contribution in [0.2, 0.25) is 0 Å². The maximum Gasteiger partial charge on any atom is 0.356 e. The van der Waals surface area contributed by atoms with Crippen LogP contribution in [0, 0.1) is 5.92 Å². The van der Waals surface area contributed by atoms with E-state index in [1.807, 2.05) is 38.3 Å². The Morgan fingerprint density at radius 2 is 2.13 bits per heavy atom. The lowest BCUT2D eigenvalue weighted by Crippen LogP contribution is -2.23. The van der Waals surface area contributed by atoms with Gasteiger partial charge in [0.25, 0.3) is 0 Å². The first-order chi connectivity index (χ1) is 14.3.